The molecule has 0 radical (unpaired) electrons. The van der Waals surface area contributed by atoms with E-state index in [0.717, 1.165) is 39.2 Å². The normalized spacial score (nSPS) is 27.6. The third-order valence-corrected chi connectivity index (χ3v) is 3.99. The van der Waals surface area contributed by atoms with Crippen molar-refractivity contribution in [3.05, 3.63) is 18.2 Å². The highest BCUT2D eigenvalue weighted by Gasteiger charge is 2.36. The summed E-state index contributed by atoms with van der Waals surface area (Å²) in [4.78, 5) is 12.8. The molecule has 0 spiro atoms. The number of hydrogen-bond acceptors (Lipinski definition) is 5. The lowest BCUT2D eigenvalue weighted by atomic mass is 10.1. The second-order valence-electron chi connectivity index (χ2n) is 5.35. The first-order chi connectivity index (χ1) is 9.26. The van der Waals surface area contributed by atoms with Crippen LogP contribution >= 0.6 is 0 Å². The second kappa shape index (κ2) is 5.38. The average molecular weight is 266 g/mol. The average Bonchev–Trinajstić information content (AvgIpc) is 2.81. The molecule has 2 saturated heterocycles. The minimum absolute atomic E-state index is 0.386. The number of anilines is 1. The van der Waals surface area contributed by atoms with Gasteiger partial charge in [0.1, 0.15) is 0 Å². The van der Waals surface area contributed by atoms with Gasteiger partial charge in [-0.1, -0.05) is 0 Å². The second-order valence-corrected chi connectivity index (χ2v) is 5.35. The van der Waals surface area contributed by atoms with Crippen LogP contribution in [-0.4, -0.2) is 60.8 Å². The van der Waals surface area contributed by atoms with Crippen molar-refractivity contribution in [2.75, 3.05) is 44.8 Å². The SMILES string of the molecule is COCC1CC2CN(c3ncc(F)cn3)CCN2C1. The topological polar surface area (TPSA) is 41.5 Å². The van der Waals surface area contributed by atoms with E-state index in [4.69, 9.17) is 4.74 Å². The van der Waals surface area contributed by atoms with Crippen molar-refractivity contribution >= 4 is 5.95 Å². The molecule has 19 heavy (non-hydrogen) atoms. The van der Waals surface area contributed by atoms with Crippen molar-refractivity contribution in [3.63, 3.8) is 0 Å². The molecule has 0 aliphatic carbocycles. The van der Waals surface area contributed by atoms with Gasteiger partial charge in [0, 0.05) is 39.3 Å². The zero-order valence-electron chi connectivity index (χ0n) is 11.1. The lowest BCUT2D eigenvalue weighted by molar-refractivity contribution is 0.153. The van der Waals surface area contributed by atoms with Crippen molar-refractivity contribution in [1.82, 2.24) is 14.9 Å². The van der Waals surface area contributed by atoms with Crippen LogP contribution in [-0.2, 0) is 4.74 Å². The van der Waals surface area contributed by atoms with E-state index in [2.05, 4.69) is 19.8 Å². The summed E-state index contributed by atoms with van der Waals surface area (Å²) in [6.45, 7) is 4.80. The lowest BCUT2D eigenvalue weighted by Crippen LogP contribution is -2.50. The third-order valence-electron chi connectivity index (χ3n) is 3.99. The Morgan fingerprint density at radius 2 is 2.11 bits per heavy atom. The zero-order chi connectivity index (χ0) is 13.2. The monoisotopic (exact) mass is 266 g/mol. The van der Waals surface area contributed by atoms with Gasteiger partial charge in [-0.3, -0.25) is 4.90 Å². The predicted molar refractivity (Wildman–Crippen MR) is 69.5 cm³/mol. The maximum atomic E-state index is 12.8. The highest BCUT2D eigenvalue weighted by molar-refractivity contribution is 5.30. The molecule has 1 aromatic rings. The summed E-state index contributed by atoms with van der Waals surface area (Å²) in [5.74, 6) is 0.878. The van der Waals surface area contributed by atoms with Crippen molar-refractivity contribution in [2.24, 2.45) is 5.92 Å². The van der Waals surface area contributed by atoms with Crippen molar-refractivity contribution in [1.29, 1.82) is 0 Å². The van der Waals surface area contributed by atoms with Gasteiger partial charge >= 0.3 is 0 Å². The summed E-state index contributed by atoms with van der Waals surface area (Å²) >= 11 is 0. The molecule has 104 valence electrons. The van der Waals surface area contributed by atoms with Crippen molar-refractivity contribution < 1.29 is 9.13 Å². The van der Waals surface area contributed by atoms with Crippen LogP contribution in [0.4, 0.5) is 10.3 Å². The van der Waals surface area contributed by atoms with Crippen LogP contribution in [0.25, 0.3) is 0 Å². The molecule has 6 heteroatoms. The molecule has 0 bridgehead atoms. The van der Waals surface area contributed by atoms with E-state index < -0.39 is 0 Å². The van der Waals surface area contributed by atoms with E-state index >= 15 is 0 Å². The van der Waals surface area contributed by atoms with Crippen molar-refractivity contribution in [3.8, 4) is 0 Å². The summed E-state index contributed by atoms with van der Waals surface area (Å²) in [5.41, 5.74) is 0. The van der Waals surface area contributed by atoms with Crippen molar-refractivity contribution in [2.45, 2.75) is 12.5 Å². The first kappa shape index (κ1) is 12.7. The lowest BCUT2D eigenvalue weighted by Gasteiger charge is -2.37. The molecular formula is C13H19FN4O. The van der Waals surface area contributed by atoms with E-state index in [1.807, 2.05) is 0 Å². The van der Waals surface area contributed by atoms with E-state index in [0.29, 0.717) is 17.9 Å². The van der Waals surface area contributed by atoms with E-state index in [1.165, 1.54) is 12.4 Å². The number of rotatable bonds is 3. The number of ether oxygens (including phenoxy) is 1. The molecule has 2 unspecified atom stereocenters. The molecule has 3 rings (SSSR count). The van der Waals surface area contributed by atoms with Gasteiger partial charge in [-0.2, -0.15) is 0 Å². The number of aromatic nitrogens is 2. The molecule has 0 N–H and O–H groups in total. The van der Waals surface area contributed by atoms with Gasteiger partial charge in [0.25, 0.3) is 0 Å². The highest BCUT2D eigenvalue weighted by atomic mass is 19.1. The molecule has 2 aliphatic heterocycles. The summed E-state index contributed by atoms with van der Waals surface area (Å²) in [7, 11) is 1.76. The number of nitrogens with zero attached hydrogens (tertiary/aromatic N) is 4. The van der Waals surface area contributed by atoms with Crippen LogP contribution in [0, 0.1) is 11.7 Å². The smallest absolute Gasteiger partial charge is 0.225 e. The highest BCUT2D eigenvalue weighted by Crippen LogP contribution is 2.27. The fraction of sp³-hybridized carbons (Fsp3) is 0.692. The Morgan fingerprint density at radius 1 is 1.32 bits per heavy atom. The fourth-order valence-corrected chi connectivity index (χ4v) is 3.15. The molecule has 0 aromatic carbocycles. The van der Waals surface area contributed by atoms with Crippen LogP contribution in [0.5, 0.6) is 0 Å². The standard InChI is InChI=1S/C13H19FN4O/c1-19-9-10-4-12-8-18(3-2-17(12)7-10)13-15-5-11(14)6-16-13/h5-6,10,12H,2-4,7-9H2,1H3. The van der Waals surface area contributed by atoms with Gasteiger partial charge in [0.05, 0.1) is 19.0 Å². The number of piperazine rings is 1. The van der Waals surface area contributed by atoms with Gasteiger partial charge in [0.2, 0.25) is 5.95 Å². The molecule has 0 amide bonds. The van der Waals surface area contributed by atoms with Gasteiger partial charge in [0.15, 0.2) is 5.82 Å². The van der Waals surface area contributed by atoms with Gasteiger partial charge in [-0.15, -0.1) is 0 Å². The Morgan fingerprint density at radius 3 is 2.84 bits per heavy atom. The van der Waals surface area contributed by atoms with Crippen LogP contribution < -0.4 is 4.90 Å². The molecule has 3 heterocycles. The molecule has 2 atom stereocenters. The molecular weight excluding hydrogens is 247 g/mol. The molecule has 1 aromatic heterocycles. The number of fused-ring (bicyclic) bond motifs is 1. The molecule has 5 nitrogen and oxygen atoms in total. The quantitative estimate of drug-likeness (QED) is 0.808. The van der Waals surface area contributed by atoms with Crippen LogP contribution in [0.1, 0.15) is 6.42 Å². The van der Waals surface area contributed by atoms with Crippen LogP contribution in [0.3, 0.4) is 0 Å². The molecule has 0 saturated carbocycles. The maximum Gasteiger partial charge on any atom is 0.225 e. The Labute approximate surface area is 112 Å². The van der Waals surface area contributed by atoms with Crippen LogP contribution in [0.2, 0.25) is 0 Å². The zero-order valence-corrected chi connectivity index (χ0v) is 11.1. The van der Waals surface area contributed by atoms with E-state index in [-0.39, 0.29) is 5.82 Å². The first-order valence-corrected chi connectivity index (χ1v) is 6.71. The summed E-state index contributed by atoms with van der Waals surface area (Å²) < 4.78 is 18.1. The number of methoxy groups -OCH3 is 1. The third kappa shape index (κ3) is 2.69. The van der Waals surface area contributed by atoms with E-state index in [9.17, 15) is 4.39 Å². The summed E-state index contributed by atoms with van der Waals surface area (Å²) in [6, 6.07) is 0.544. The number of hydrogen-bond donors (Lipinski definition) is 0. The number of halogens is 1. The summed E-state index contributed by atoms with van der Waals surface area (Å²) in [5, 5.41) is 0. The van der Waals surface area contributed by atoms with Gasteiger partial charge in [-0.25, -0.2) is 14.4 Å². The Bertz CT molecular complexity index is 427. The molecule has 2 fully saturated rings. The minimum atomic E-state index is -0.386. The molecule has 2 aliphatic rings. The predicted octanol–water partition coefficient (Wildman–Crippen LogP) is 0.773. The minimum Gasteiger partial charge on any atom is -0.384 e. The summed E-state index contributed by atoms with van der Waals surface area (Å²) in [6.07, 6.45) is 3.62. The first-order valence-electron chi connectivity index (χ1n) is 6.71. The van der Waals surface area contributed by atoms with Gasteiger partial charge < -0.3 is 9.64 Å². The van der Waals surface area contributed by atoms with E-state index in [1.54, 1.807) is 7.11 Å². The Hall–Kier alpha value is -1.27. The van der Waals surface area contributed by atoms with Gasteiger partial charge in [-0.05, 0) is 12.3 Å². The fourth-order valence-electron chi connectivity index (χ4n) is 3.15. The Balaban J connectivity index is 1.64. The maximum absolute atomic E-state index is 12.8. The Kier molecular flexibility index (Phi) is 3.61. The largest absolute Gasteiger partial charge is 0.384 e. The van der Waals surface area contributed by atoms with Crippen LogP contribution in [0.15, 0.2) is 12.4 Å².